The highest BCUT2D eigenvalue weighted by atomic mass is 19.1. The van der Waals surface area contributed by atoms with E-state index in [-0.39, 0.29) is 12.2 Å². The van der Waals surface area contributed by atoms with Gasteiger partial charge < -0.3 is 9.84 Å². The van der Waals surface area contributed by atoms with Crippen molar-refractivity contribution >= 4 is 18.0 Å². The highest BCUT2D eigenvalue weighted by molar-refractivity contribution is 5.95. The molecule has 4 nitrogen and oxygen atoms in total. The monoisotopic (exact) mass is 238 g/mol. The molecule has 5 heteroatoms. The summed E-state index contributed by atoms with van der Waals surface area (Å²) in [5.74, 6) is -2.83. The summed E-state index contributed by atoms with van der Waals surface area (Å²) in [4.78, 5) is 21.9. The molecular formula is C12H11FO4. The Morgan fingerprint density at radius 1 is 1.47 bits per heavy atom. The number of esters is 1. The second-order valence-corrected chi connectivity index (χ2v) is 3.09. The Labute approximate surface area is 97.3 Å². The van der Waals surface area contributed by atoms with Gasteiger partial charge in [-0.3, -0.25) is 0 Å². The maximum Gasteiger partial charge on any atom is 0.339 e. The number of benzene rings is 1. The zero-order valence-corrected chi connectivity index (χ0v) is 9.14. The van der Waals surface area contributed by atoms with Crippen molar-refractivity contribution in [1.82, 2.24) is 0 Å². The maximum atomic E-state index is 13.2. The quantitative estimate of drug-likeness (QED) is 0.644. The molecular weight excluding hydrogens is 227 g/mol. The smallest absolute Gasteiger partial charge is 0.339 e. The van der Waals surface area contributed by atoms with Gasteiger partial charge >= 0.3 is 11.9 Å². The molecule has 1 N–H and O–H groups in total. The number of halogens is 1. The van der Waals surface area contributed by atoms with E-state index in [1.807, 2.05) is 0 Å². The van der Waals surface area contributed by atoms with E-state index >= 15 is 0 Å². The van der Waals surface area contributed by atoms with Crippen LogP contribution in [0, 0.1) is 5.82 Å². The average Bonchev–Trinajstić information content (AvgIpc) is 2.26. The summed E-state index contributed by atoms with van der Waals surface area (Å²) >= 11 is 0. The van der Waals surface area contributed by atoms with E-state index in [0.29, 0.717) is 0 Å². The minimum Gasteiger partial charge on any atom is -0.478 e. The molecule has 1 aromatic rings. The molecule has 0 aliphatic rings. The van der Waals surface area contributed by atoms with Gasteiger partial charge in [-0.1, -0.05) is 12.1 Å². The van der Waals surface area contributed by atoms with Crippen molar-refractivity contribution in [1.29, 1.82) is 0 Å². The molecule has 0 fully saturated rings. The Morgan fingerprint density at radius 2 is 2.18 bits per heavy atom. The zero-order valence-electron chi connectivity index (χ0n) is 9.14. The molecule has 1 aromatic carbocycles. The molecule has 0 saturated carbocycles. The van der Waals surface area contributed by atoms with E-state index in [0.717, 1.165) is 12.1 Å². The van der Waals surface area contributed by atoms with Gasteiger partial charge in [-0.05, 0) is 24.6 Å². The Balaban J connectivity index is 3.02. The first-order valence-corrected chi connectivity index (χ1v) is 4.93. The Hall–Kier alpha value is -2.17. The predicted molar refractivity (Wildman–Crippen MR) is 59.0 cm³/mol. The Kier molecular flexibility index (Phi) is 4.39. The molecule has 1 rings (SSSR count). The molecule has 0 saturated heterocycles. The fourth-order valence-electron chi connectivity index (χ4n) is 1.25. The molecule has 0 aliphatic carbocycles. The highest BCUT2D eigenvalue weighted by Gasteiger charge is 2.13. The van der Waals surface area contributed by atoms with Crippen LogP contribution in [0.3, 0.4) is 0 Å². The molecule has 0 spiro atoms. The fourth-order valence-corrected chi connectivity index (χ4v) is 1.25. The van der Waals surface area contributed by atoms with Crippen molar-refractivity contribution in [3.8, 4) is 0 Å². The van der Waals surface area contributed by atoms with Crippen LogP contribution in [0.2, 0.25) is 0 Å². The summed E-state index contributed by atoms with van der Waals surface area (Å²) in [6.45, 7) is 1.87. The lowest BCUT2D eigenvalue weighted by Crippen LogP contribution is -2.04. The van der Waals surface area contributed by atoms with Crippen LogP contribution in [0.25, 0.3) is 6.08 Å². The molecule has 0 bridgehead atoms. The van der Waals surface area contributed by atoms with Gasteiger partial charge in [0.05, 0.1) is 6.61 Å². The number of rotatable bonds is 4. The summed E-state index contributed by atoms with van der Waals surface area (Å²) in [6, 6.07) is 3.82. The van der Waals surface area contributed by atoms with Crippen LogP contribution in [0.5, 0.6) is 0 Å². The Bertz CT molecular complexity index is 466. The largest absolute Gasteiger partial charge is 0.478 e. The van der Waals surface area contributed by atoms with E-state index in [4.69, 9.17) is 5.11 Å². The van der Waals surface area contributed by atoms with Gasteiger partial charge in [0.2, 0.25) is 0 Å². The van der Waals surface area contributed by atoms with Crippen molar-refractivity contribution < 1.29 is 23.8 Å². The lowest BCUT2D eigenvalue weighted by Gasteiger charge is -2.02. The van der Waals surface area contributed by atoms with Gasteiger partial charge in [-0.15, -0.1) is 0 Å². The first-order chi connectivity index (χ1) is 8.06. The van der Waals surface area contributed by atoms with Crippen molar-refractivity contribution in [2.75, 3.05) is 6.61 Å². The summed E-state index contributed by atoms with van der Waals surface area (Å²) in [7, 11) is 0. The van der Waals surface area contributed by atoms with Gasteiger partial charge in [-0.2, -0.15) is 0 Å². The third-order valence-corrected chi connectivity index (χ3v) is 1.95. The van der Waals surface area contributed by atoms with Crippen LogP contribution in [0.4, 0.5) is 4.39 Å². The molecule has 0 radical (unpaired) electrons. The second kappa shape index (κ2) is 5.79. The first kappa shape index (κ1) is 12.9. The van der Waals surface area contributed by atoms with Crippen LogP contribution < -0.4 is 0 Å². The SMILES string of the molecule is CCOC(=O)C=Cc1cccc(F)c1C(=O)O. The average molecular weight is 238 g/mol. The van der Waals surface area contributed by atoms with Crippen LogP contribution in [0.15, 0.2) is 24.3 Å². The van der Waals surface area contributed by atoms with Crippen molar-refractivity contribution in [3.63, 3.8) is 0 Å². The number of hydrogen-bond acceptors (Lipinski definition) is 3. The molecule has 0 atom stereocenters. The van der Waals surface area contributed by atoms with Crippen LogP contribution in [-0.2, 0) is 9.53 Å². The van der Waals surface area contributed by atoms with Crippen LogP contribution in [-0.4, -0.2) is 23.7 Å². The molecule has 0 amide bonds. The molecule has 0 aromatic heterocycles. The summed E-state index contributed by atoms with van der Waals surface area (Å²) < 4.78 is 17.9. The van der Waals surface area contributed by atoms with Crippen LogP contribution in [0.1, 0.15) is 22.8 Å². The normalized spacial score (nSPS) is 10.5. The summed E-state index contributed by atoms with van der Waals surface area (Å²) in [5.41, 5.74) is -0.349. The highest BCUT2D eigenvalue weighted by Crippen LogP contribution is 2.15. The molecule has 17 heavy (non-hydrogen) atoms. The van der Waals surface area contributed by atoms with E-state index in [1.165, 1.54) is 18.2 Å². The first-order valence-electron chi connectivity index (χ1n) is 4.93. The number of carbonyl (C=O) groups excluding carboxylic acids is 1. The topological polar surface area (TPSA) is 63.6 Å². The van der Waals surface area contributed by atoms with Gasteiger partial charge in [0.15, 0.2) is 0 Å². The lowest BCUT2D eigenvalue weighted by molar-refractivity contribution is -0.137. The molecule has 0 heterocycles. The van der Waals surface area contributed by atoms with Gasteiger partial charge in [0, 0.05) is 6.08 Å². The van der Waals surface area contributed by atoms with E-state index in [9.17, 15) is 14.0 Å². The fraction of sp³-hybridized carbons (Fsp3) is 0.167. The maximum absolute atomic E-state index is 13.2. The third-order valence-electron chi connectivity index (χ3n) is 1.95. The molecule has 0 unspecified atom stereocenters. The Morgan fingerprint density at radius 3 is 2.76 bits per heavy atom. The van der Waals surface area contributed by atoms with E-state index in [1.54, 1.807) is 6.92 Å². The summed E-state index contributed by atoms with van der Waals surface area (Å²) in [5, 5.41) is 8.83. The standard InChI is InChI=1S/C12H11FO4/c1-2-17-10(14)7-6-8-4-3-5-9(13)11(8)12(15)16/h3-7H,2H2,1H3,(H,15,16). The number of ether oxygens (including phenoxy) is 1. The predicted octanol–water partition coefficient (Wildman–Crippen LogP) is 2.10. The van der Waals surface area contributed by atoms with Gasteiger partial charge in [-0.25, -0.2) is 14.0 Å². The van der Waals surface area contributed by atoms with Gasteiger partial charge in [0.25, 0.3) is 0 Å². The van der Waals surface area contributed by atoms with Gasteiger partial charge in [0.1, 0.15) is 11.4 Å². The van der Waals surface area contributed by atoms with E-state index < -0.39 is 23.3 Å². The van der Waals surface area contributed by atoms with Crippen LogP contribution >= 0.6 is 0 Å². The van der Waals surface area contributed by atoms with Crippen molar-refractivity contribution in [2.24, 2.45) is 0 Å². The number of carboxylic acid groups (broad SMARTS) is 1. The lowest BCUT2D eigenvalue weighted by atomic mass is 10.1. The van der Waals surface area contributed by atoms with Crippen molar-refractivity contribution in [2.45, 2.75) is 6.92 Å². The molecule has 0 aliphatic heterocycles. The number of hydrogen-bond donors (Lipinski definition) is 1. The number of carbonyl (C=O) groups is 2. The second-order valence-electron chi connectivity index (χ2n) is 3.09. The number of carboxylic acids is 1. The minimum atomic E-state index is -1.38. The molecule has 90 valence electrons. The third kappa shape index (κ3) is 3.41. The zero-order chi connectivity index (χ0) is 12.8. The minimum absolute atomic E-state index is 0.116. The number of aromatic carboxylic acids is 1. The van der Waals surface area contributed by atoms with E-state index in [2.05, 4.69) is 4.74 Å². The van der Waals surface area contributed by atoms with Crippen molar-refractivity contribution in [3.05, 3.63) is 41.2 Å². The summed E-state index contributed by atoms with van der Waals surface area (Å²) in [6.07, 6.45) is 2.27.